The second-order valence-electron chi connectivity index (χ2n) is 4.74. The zero-order valence-corrected chi connectivity index (χ0v) is 13.1. The summed E-state index contributed by atoms with van der Waals surface area (Å²) in [5, 5.41) is 2.36. The molecule has 140 valence electrons. The van der Waals surface area contributed by atoms with Crippen molar-refractivity contribution in [2.24, 2.45) is 0 Å². The lowest BCUT2D eigenvalue weighted by atomic mass is 10.1. The van der Waals surface area contributed by atoms with Gasteiger partial charge in [0.15, 0.2) is 11.5 Å². The third kappa shape index (κ3) is 5.23. The molecule has 2 aromatic rings. The second kappa shape index (κ2) is 7.89. The smallest absolute Gasteiger partial charge is 0.493 e. The summed E-state index contributed by atoms with van der Waals surface area (Å²) in [4.78, 5) is 12.3. The second-order valence-corrected chi connectivity index (χ2v) is 4.74. The summed E-state index contributed by atoms with van der Waals surface area (Å²) >= 11 is 0. The van der Waals surface area contributed by atoms with Crippen LogP contribution in [0.4, 0.5) is 27.6 Å². The first-order valence-corrected chi connectivity index (χ1v) is 6.98. The van der Waals surface area contributed by atoms with Crippen LogP contribution in [-0.2, 0) is 0 Å². The Morgan fingerprint density at radius 2 is 1.73 bits per heavy atom. The number of nitrogens with one attached hydrogen (secondary N) is 1. The van der Waals surface area contributed by atoms with E-state index in [1.54, 1.807) is 0 Å². The highest BCUT2D eigenvalue weighted by Gasteiger charge is 2.31. The van der Waals surface area contributed by atoms with E-state index in [9.17, 15) is 26.7 Å². The van der Waals surface area contributed by atoms with Gasteiger partial charge in [-0.3, -0.25) is 4.79 Å². The predicted molar refractivity (Wildman–Crippen MR) is 80.7 cm³/mol. The van der Waals surface area contributed by atoms with Crippen molar-refractivity contribution in [3.8, 4) is 17.2 Å². The van der Waals surface area contributed by atoms with Gasteiger partial charge in [-0.25, -0.2) is 0 Å². The number of amides is 1. The van der Waals surface area contributed by atoms with Crippen molar-refractivity contribution in [3.05, 3.63) is 48.0 Å². The summed E-state index contributed by atoms with van der Waals surface area (Å²) in [5.41, 5.74) is -0.115. The predicted octanol–water partition coefficient (Wildman–Crippen LogP) is 4.45. The molecular formula is C16H12F5NO4. The summed E-state index contributed by atoms with van der Waals surface area (Å²) in [6.45, 7) is -3.18. The number of ether oxygens (including phenoxy) is 3. The number of anilines is 1. The fourth-order valence-electron chi connectivity index (χ4n) is 2.00. The molecule has 1 amide bonds. The number of rotatable bonds is 6. The molecule has 0 saturated carbocycles. The average molecular weight is 377 g/mol. The molecule has 0 aliphatic heterocycles. The molecule has 26 heavy (non-hydrogen) atoms. The quantitative estimate of drug-likeness (QED) is 0.756. The maximum atomic E-state index is 12.6. The summed E-state index contributed by atoms with van der Waals surface area (Å²) in [6.07, 6.45) is -4.84. The molecular weight excluding hydrogens is 365 g/mol. The van der Waals surface area contributed by atoms with Gasteiger partial charge in [0.05, 0.1) is 12.7 Å². The van der Waals surface area contributed by atoms with Crippen LogP contribution in [0.1, 0.15) is 10.4 Å². The zero-order valence-electron chi connectivity index (χ0n) is 13.1. The molecule has 2 aromatic carbocycles. The van der Waals surface area contributed by atoms with Gasteiger partial charge >= 0.3 is 13.0 Å². The van der Waals surface area contributed by atoms with Gasteiger partial charge in [0.2, 0.25) is 0 Å². The minimum absolute atomic E-state index is 0.0770. The Morgan fingerprint density at radius 3 is 2.27 bits per heavy atom. The van der Waals surface area contributed by atoms with Crippen molar-refractivity contribution in [2.75, 3.05) is 12.4 Å². The molecule has 0 unspecified atom stereocenters. The van der Waals surface area contributed by atoms with E-state index in [-0.39, 0.29) is 17.0 Å². The SMILES string of the molecule is COc1cccc(C(=O)Nc2ccc(OC(F)(F)F)cc2)c1OC(F)F. The molecule has 0 fully saturated rings. The van der Waals surface area contributed by atoms with E-state index in [0.29, 0.717) is 0 Å². The van der Waals surface area contributed by atoms with Gasteiger partial charge in [0, 0.05) is 5.69 Å². The number of benzene rings is 2. The molecule has 0 spiro atoms. The van der Waals surface area contributed by atoms with Crippen LogP contribution in [0.15, 0.2) is 42.5 Å². The minimum Gasteiger partial charge on any atom is -0.493 e. The highest BCUT2D eigenvalue weighted by molar-refractivity contribution is 6.06. The third-order valence-electron chi connectivity index (χ3n) is 3.00. The van der Waals surface area contributed by atoms with Gasteiger partial charge in [-0.15, -0.1) is 13.2 Å². The van der Waals surface area contributed by atoms with Gasteiger partial charge in [-0.05, 0) is 36.4 Å². The number of hydrogen-bond acceptors (Lipinski definition) is 4. The van der Waals surface area contributed by atoms with Gasteiger partial charge < -0.3 is 19.5 Å². The summed E-state index contributed by atoms with van der Waals surface area (Å²) < 4.78 is 74.4. The Kier molecular flexibility index (Phi) is 5.86. The zero-order chi connectivity index (χ0) is 19.3. The Bertz CT molecular complexity index is 762. The van der Waals surface area contributed by atoms with E-state index in [1.165, 1.54) is 25.3 Å². The number of carbonyl (C=O) groups excluding carboxylic acids is 1. The van der Waals surface area contributed by atoms with Crippen LogP contribution in [0.25, 0.3) is 0 Å². The van der Waals surface area contributed by atoms with Crippen molar-refractivity contribution in [1.29, 1.82) is 0 Å². The van der Waals surface area contributed by atoms with Crippen LogP contribution in [0, 0.1) is 0 Å². The molecule has 0 aliphatic carbocycles. The van der Waals surface area contributed by atoms with Crippen molar-refractivity contribution >= 4 is 11.6 Å². The van der Waals surface area contributed by atoms with Crippen LogP contribution in [-0.4, -0.2) is 26.0 Å². The van der Waals surface area contributed by atoms with Gasteiger partial charge in [0.1, 0.15) is 5.75 Å². The molecule has 0 aromatic heterocycles. The lowest BCUT2D eigenvalue weighted by Gasteiger charge is -2.14. The van der Waals surface area contributed by atoms with Crippen LogP contribution in [0.5, 0.6) is 17.2 Å². The fourth-order valence-corrected chi connectivity index (χ4v) is 2.00. The van der Waals surface area contributed by atoms with E-state index < -0.39 is 30.4 Å². The maximum absolute atomic E-state index is 12.6. The molecule has 0 radical (unpaired) electrons. The molecule has 0 atom stereocenters. The lowest BCUT2D eigenvalue weighted by Crippen LogP contribution is -2.17. The van der Waals surface area contributed by atoms with Gasteiger partial charge in [-0.1, -0.05) is 6.07 Å². The number of halogens is 5. The fraction of sp³-hybridized carbons (Fsp3) is 0.188. The monoisotopic (exact) mass is 377 g/mol. The standard InChI is InChI=1S/C16H12F5NO4/c1-24-12-4-2-3-11(13(12)25-15(17)18)14(23)22-9-5-7-10(8-6-9)26-16(19,20)21/h2-8,15H,1H3,(H,22,23). The number of alkyl halides is 5. The summed E-state index contributed by atoms with van der Waals surface area (Å²) in [7, 11) is 1.22. The number of methoxy groups -OCH3 is 1. The maximum Gasteiger partial charge on any atom is 0.573 e. The van der Waals surface area contributed by atoms with Crippen LogP contribution in [0.2, 0.25) is 0 Å². The van der Waals surface area contributed by atoms with Crippen molar-refractivity contribution in [1.82, 2.24) is 0 Å². The topological polar surface area (TPSA) is 56.8 Å². The average Bonchev–Trinajstić information content (AvgIpc) is 2.55. The first kappa shape index (κ1) is 19.3. The summed E-state index contributed by atoms with van der Waals surface area (Å²) in [5.74, 6) is -1.82. The Hall–Kier alpha value is -3.04. The number of hydrogen-bond donors (Lipinski definition) is 1. The van der Waals surface area contributed by atoms with E-state index in [1.807, 2.05) is 0 Å². The van der Waals surface area contributed by atoms with Gasteiger partial charge in [0.25, 0.3) is 5.91 Å². The first-order chi connectivity index (χ1) is 12.2. The summed E-state index contributed by atoms with van der Waals surface area (Å²) in [6, 6.07) is 8.26. The van der Waals surface area contributed by atoms with E-state index in [4.69, 9.17) is 4.74 Å². The lowest BCUT2D eigenvalue weighted by molar-refractivity contribution is -0.274. The minimum atomic E-state index is -4.84. The molecule has 5 nitrogen and oxygen atoms in total. The first-order valence-electron chi connectivity index (χ1n) is 6.98. The number of para-hydroxylation sites is 1. The molecule has 2 rings (SSSR count). The van der Waals surface area contributed by atoms with E-state index >= 15 is 0 Å². The number of carbonyl (C=O) groups is 1. The van der Waals surface area contributed by atoms with Crippen LogP contribution in [0.3, 0.4) is 0 Å². The normalized spacial score (nSPS) is 11.2. The van der Waals surface area contributed by atoms with Crippen LogP contribution < -0.4 is 19.5 Å². The molecule has 10 heteroatoms. The van der Waals surface area contributed by atoms with E-state index in [0.717, 1.165) is 24.3 Å². The molecule has 0 aliphatic rings. The molecule has 0 heterocycles. The Morgan fingerprint density at radius 1 is 1.08 bits per heavy atom. The Labute approximate surface area is 144 Å². The Balaban J connectivity index is 2.19. The molecule has 1 N–H and O–H groups in total. The van der Waals surface area contributed by atoms with Gasteiger partial charge in [-0.2, -0.15) is 8.78 Å². The highest BCUT2D eigenvalue weighted by Crippen LogP contribution is 2.33. The van der Waals surface area contributed by atoms with Crippen molar-refractivity contribution < 1.29 is 41.0 Å². The molecule has 0 bridgehead atoms. The van der Waals surface area contributed by atoms with E-state index in [2.05, 4.69) is 14.8 Å². The van der Waals surface area contributed by atoms with Crippen LogP contribution >= 0.6 is 0 Å². The molecule has 0 saturated heterocycles. The van der Waals surface area contributed by atoms with Crippen molar-refractivity contribution in [2.45, 2.75) is 13.0 Å². The van der Waals surface area contributed by atoms with Crippen molar-refractivity contribution in [3.63, 3.8) is 0 Å². The third-order valence-corrected chi connectivity index (χ3v) is 3.00. The largest absolute Gasteiger partial charge is 0.573 e. The highest BCUT2D eigenvalue weighted by atomic mass is 19.4.